The fraction of sp³-hybridized carbons (Fsp3) is 0.360. The van der Waals surface area contributed by atoms with Crippen LogP contribution in [0.1, 0.15) is 24.1 Å². The van der Waals surface area contributed by atoms with Crippen molar-refractivity contribution in [3.05, 3.63) is 82.3 Å². The summed E-state index contributed by atoms with van der Waals surface area (Å²) in [5, 5.41) is 3.06. The number of benzene rings is 2. The molecular weight excluding hydrogens is 402 g/mol. The normalized spacial score (nSPS) is 18.3. The van der Waals surface area contributed by atoms with Crippen LogP contribution in [0, 0.1) is 6.92 Å². The number of para-hydroxylation sites is 2. The van der Waals surface area contributed by atoms with Crippen LogP contribution in [0.15, 0.2) is 65.5 Å². The molecule has 7 nitrogen and oxygen atoms in total. The second-order valence-electron chi connectivity index (χ2n) is 8.78. The Labute approximate surface area is 187 Å². The molecule has 7 heteroatoms. The van der Waals surface area contributed by atoms with E-state index in [4.69, 9.17) is 0 Å². The highest BCUT2D eigenvalue weighted by atomic mass is 16.2. The lowest BCUT2D eigenvalue weighted by Crippen LogP contribution is -2.56. The molecule has 0 saturated carbocycles. The van der Waals surface area contributed by atoms with Gasteiger partial charge in [0.25, 0.3) is 5.56 Å². The summed E-state index contributed by atoms with van der Waals surface area (Å²) in [7, 11) is 1.95. The van der Waals surface area contributed by atoms with Crippen molar-refractivity contribution < 1.29 is 4.79 Å². The third-order valence-electron chi connectivity index (χ3n) is 7.10. The molecule has 2 saturated heterocycles. The fourth-order valence-corrected chi connectivity index (χ4v) is 5.19. The SMILES string of the molecule is Cc1c(CN2CCC3(CC2)C(=O)NCN3c2ccccc2)n(C)n(-c2ccccc2)c1=O. The Morgan fingerprint density at radius 1 is 0.906 bits per heavy atom. The number of hydrogen-bond donors (Lipinski definition) is 1. The number of carbonyl (C=O) groups excluding carboxylic acids is 1. The van der Waals surface area contributed by atoms with E-state index >= 15 is 0 Å². The number of amides is 1. The Morgan fingerprint density at radius 3 is 2.12 bits per heavy atom. The van der Waals surface area contributed by atoms with E-state index in [1.54, 1.807) is 4.68 Å². The zero-order valence-electron chi connectivity index (χ0n) is 18.6. The van der Waals surface area contributed by atoms with Crippen molar-refractivity contribution in [2.75, 3.05) is 24.7 Å². The average Bonchev–Trinajstić information content (AvgIpc) is 3.25. The lowest BCUT2D eigenvalue weighted by atomic mass is 9.85. The summed E-state index contributed by atoms with van der Waals surface area (Å²) >= 11 is 0. The van der Waals surface area contributed by atoms with Crippen LogP contribution < -0.4 is 15.8 Å². The maximum Gasteiger partial charge on any atom is 0.274 e. The summed E-state index contributed by atoms with van der Waals surface area (Å²) in [6.45, 7) is 4.77. The van der Waals surface area contributed by atoms with Gasteiger partial charge >= 0.3 is 0 Å². The number of nitrogens with one attached hydrogen (secondary N) is 1. The summed E-state index contributed by atoms with van der Waals surface area (Å²) in [6, 6.07) is 19.9. The predicted octanol–water partition coefficient (Wildman–Crippen LogP) is 2.41. The molecule has 2 aliphatic heterocycles. The highest BCUT2D eigenvalue weighted by molar-refractivity contribution is 5.93. The average molecular weight is 432 g/mol. The number of piperidine rings is 1. The van der Waals surface area contributed by atoms with Gasteiger partial charge in [-0.3, -0.25) is 19.2 Å². The van der Waals surface area contributed by atoms with Gasteiger partial charge in [0.2, 0.25) is 5.91 Å². The number of anilines is 1. The van der Waals surface area contributed by atoms with Crippen molar-refractivity contribution in [2.45, 2.75) is 31.8 Å². The molecule has 2 fully saturated rings. The molecule has 1 aromatic heterocycles. The van der Waals surface area contributed by atoms with Crippen LogP contribution in [0.3, 0.4) is 0 Å². The fourth-order valence-electron chi connectivity index (χ4n) is 5.19. The summed E-state index contributed by atoms with van der Waals surface area (Å²) in [5.41, 5.74) is 3.28. The minimum Gasteiger partial charge on any atom is -0.339 e. The lowest BCUT2D eigenvalue weighted by Gasteiger charge is -2.43. The van der Waals surface area contributed by atoms with Gasteiger partial charge in [0.1, 0.15) is 5.54 Å². The van der Waals surface area contributed by atoms with Crippen molar-refractivity contribution in [1.29, 1.82) is 0 Å². The number of likely N-dealkylation sites (tertiary alicyclic amines) is 1. The monoisotopic (exact) mass is 431 g/mol. The van der Waals surface area contributed by atoms with Crippen LogP contribution in [-0.4, -0.2) is 45.5 Å². The quantitative estimate of drug-likeness (QED) is 0.689. The van der Waals surface area contributed by atoms with Crippen LogP contribution in [0.25, 0.3) is 5.69 Å². The van der Waals surface area contributed by atoms with Crippen LogP contribution in [0.4, 0.5) is 5.69 Å². The van der Waals surface area contributed by atoms with Crippen LogP contribution in [-0.2, 0) is 18.4 Å². The third-order valence-corrected chi connectivity index (χ3v) is 7.10. The third kappa shape index (κ3) is 3.24. The molecule has 166 valence electrons. The smallest absolute Gasteiger partial charge is 0.274 e. The largest absolute Gasteiger partial charge is 0.339 e. The first-order valence-electron chi connectivity index (χ1n) is 11.2. The molecular formula is C25H29N5O2. The van der Waals surface area contributed by atoms with Crippen molar-refractivity contribution >= 4 is 11.6 Å². The standard InChI is InChI=1S/C25H29N5O2/c1-19-22(27(2)30(23(19)31)21-11-7-4-8-12-21)17-28-15-13-25(14-16-28)24(32)26-18-29(25)20-9-5-3-6-10-20/h3-12H,13-18H2,1-2H3,(H,26,32). The van der Waals surface area contributed by atoms with E-state index in [0.717, 1.165) is 48.6 Å². The van der Waals surface area contributed by atoms with Gasteiger partial charge in [0, 0.05) is 37.9 Å². The molecule has 0 bridgehead atoms. The summed E-state index contributed by atoms with van der Waals surface area (Å²) in [5.74, 6) is 0.125. The molecule has 5 rings (SSSR count). The van der Waals surface area contributed by atoms with Crippen molar-refractivity contribution in [2.24, 2.45) is 7.05 Å². The van der Waals surface area contributed by atoms with Gasteiger partial charge in [-0.25, -0.2) is 4.68 Å². The lowest BCUT2D eigenvalue weighted by molar-refractivity contribution is -0.125. The van der Waals surface area contributed by atoms with Crippen LogP contribution in [0.2, 0.25) is 0 Å². The molecule has 0 aliphatic carbocycles. The summed E-state index contributed by atoms with van der Waals surface area (Å²) in [4.78, 5) is 30.4. The van der Waals surface area contributed by atoms with Crippen molar-refractivity contribution in [3.8, 4) is 5.69 Å². The Hall–Kier alpha value is -3.32. The molecule has 3 heterocycles. The molecule has 1 spiro atoms. The maximum absolute atomic E-state index is 13.0. The molecule has 1 amide bonds. The van der Waals surface area contributed by atoms with E-state index in [1.165, 1.54) is 0 Å². The number of hydrogen-bond acceptors (Lipinski definition) is 4. The predicted molar refractivity (Wildman–Crippen MR) is 125 cm³/mol. The molecule has 0 radical (unpaired) electrons. The van der Waals surface area contributed by atoms with Crippen molar-refractivity contribution in [3.63, 3.8) is 0 Å². The van der Waals surface area contributed by atoms with Gasteiger partial charge in [-0.1, -0.05) is 36.4 Å². The van der Waals surface area contributed by atoms with E-state index in [9.17, 15) is 9.59 Å². The Balaban J connectivity index is 1.36. The van der Waals surface area contributed by atoms with Gasteiger partial charge in [-0.05, 0) is 44.0 Å². The molecule has 2 aliphatic rings. The number of aromatic nitrogens is 2. The highest BCUT2D eigenvalue weighted by Crippen LogP contribution is 2.36. The van der Waals surface area contributed by atoms with E-state index in [2.05, 4.69) is 27.2 Å². The van der Waals surface area contributed by atoms with E-state index in [-0.39, 0.29) is 11.5 Å². The van der Waals surface area contributed by atoms with Gasteiger partial charge in [0.05, 0.1) is 18.1 Å². The maximum atomic E-state index is 13.0. The van der Waals surface area contributed by atoms with E-state index in [1.807, 2.05) is 67.2 Å². The molecule has 0 atom stereocenters. The zero-order valence-corrected chi connectivity index (χ0v) is 18.6. The minimum atomic E-state index is -0.491. The van der Waals surface area contributed by atoms with Gasteiger partial charge in [-0.2, -0.15) is 0 Å². The van der Waals surface area contributed by atoms with Gasteiger partial charge in [-0.15, -0.1) is 0 Å². The molecule has 2 aromatic carbocycles. The van der Waals surface area contributed by atoms with Gasteiger partial charge in [0.15, 0.2) is 0 Å². The summed E-state index contributed by atoms with van der Waals surface area (Å²) in [6.07, 6.45) is 1.53. The molecule has 3 aromatic rings. The number of nitrogens with zero attached hydrogens (tertiary/aromatic N) is 4. The van der Waals surface area contributed by atoms with E-state index < -0.39 is 5.54 Å². The molecule has 1 N–H and O–H groups in total. The minimum absolute atomic E-state index is 0.0209. The first-order valence-corrected chi connectivity index (χ1v) is 11.2. The zero-order chi connectivity index (χ0) is 22.3. The second-order valence-corrected chi connectivity index (χ2v) is 8.78. The Bertz CT molecular complexity index is 1170. The molecule has 32 heavy (non-hydrogen) atoms. The van der Waals surface area contributed by atoms with Gasteiger partial charge < -0.3 is 10.2 Å². The first kappa shape index (κ1) is 20.6. The first-order chi connectivity index (χ1) is 15.5. The molecule has 0 unspecified atom stereocenters. The number of rotatable bonds is 4. The summed E-state index contributed by atoms with van der Waals surface area (Å²) < 4.78 is 3.70. The number of carbonyl (C=O) groups is 1. The van der Waals surface area contributed by atoms with Crippen LogP contribution in [0.5, 0.6) is 0 Å². The Morgan fingerprint density at radius 2 is 1.50 bits per heavy atom. The highest BCUT2D eigenvalue weighted by Gasteiger charge is 2.50. The van der Waals surface area contributed by atoms with Crippen LogP contribution >= 0.6 is 0 Å². The van der Waals surface area contributed by atoms with E-state index in [0.29, 0.717) is 13.2 Å². The van der Waals surface area contributed by atoms with Crippen molar-refractivity contribution in [1.82, 2.24) is 19.6 Å². The topological polar surface area (TPSA) is 62.5 Å². The Kier molecular flexibility index (Phi) is 5.13. The second kappa shape index (κ2) is 7.98.